The van der Waals surface area contributed by atoms with E-state index in [4.69, 9.17) is 37.8 Å². The van der Waals surface area contributed by atoms with Gasteiger partial charge in [-0.25, -0.2) is 0 Å². The van der Waals surface area contributed by atoms with Crippen LogP contribution in [0.3, 0.4) is 0 Å². The molecule has 0 saturated carbocycles. The smallest absolute Gasteiger partial charge is 0.303 e. The Labute approximate surface area is 138 Å². The average Bonchev–Trinajstić information content (AvgIpc) is 2.99. The predicted molar refractivity (Wildman–Crippen MR) is 80.9 cm³/mol. The molecule has 2 rings (SSSR count). The lowest BCUT2D eigenvalue weighted by Gasteiger charge is -2.29. The van der Waals surface area contributed by atoms with Crippen molar-refractivity contribution in [2.45, 2.75) is 31.0 Å². The van der Waals surface area contributed by atoms with Gasteiger partial charge in [-0.3, -0.25) is 4.79 Å². The van der Waals surface area contributed by atoms with Crippen LogP contribution in [0, 0.1) is 11.3 Å². The van der Waals surface area contributed by atoms with Gasteiger partial charge in [0.1, 0.15) is 0 Å². The highest BCUT2D eigenvalue weighted by Crippen LogP contribution is 2.38. The third-order valence-electron chi connectivity index (χ3n) is 3.66. The Hall–Kier alpha value is -1.32. The lowest BCUT2D eigenvalue weighted by molar-refractivity contribution is -0.137. The van der Waals surface area contributed by atoms with Crippen LogP contribution < -0.4 is 0 Å². The van der Waals surface area contributed by atoms with Gasteiger partial charge in [0.05, 0.1) is 34.7 Å². The van der Waals surface area contributed by atoms with E-state index in [1.54, 1.807) is 18.2 Å². The molecule has 0 amide bonds. The number of carbonyl (C=O) groups is 1. The molecule has 1 aromatic carbocycles. The summed E-state index contributed by atoms with van der Waals surface area (Å²) in [5, 5.41) is 19.4. The Morgan fingerprint density at radius 1 is 1.36 bits per heavy atom. The van der Waals surface area contributed by atoms with Crippen molar-refractivity contribution < 1.29 is 19.4 Å². The monoisotopic (exact) mass is 343 g/mol. The third kappa shape index (κ3) is 3.90. The fourth-order valence-electron chi connectivity index (χ4n) is 2.45. The van der Waals surface area contributed by atoms with Crippen molar-refractivity contribution in [2.24, 2.45) is 0 Å². The molecule has 1 atom stereocenters. The zero-order chi connectivity index (χ0) is 16.2. The molecule has 1 aliphatic rings. The molecule has 1 aromatic rings. The normalized spacial score (nSPS) is 17.9. The van der Waals surface area contributed by atoms with Gasteiger partial charge in [0.2, 0.25) is 0 Å². The Bertz CT molecular complexity index is 596. The summed E-state index contributed by atoms with van der Waals surface area (Å²) in [4.78, 5) is 10.9. The lowest BCUT2D eigenvalue weighted by Crippen LogP contribution is -2.31. The molecule has 0 bridgehead atoms. The molecule has 1 saturated heterocycles. The van der Waals surface area contributed by atoms with Gasteiger partial charge in [0.15, 0.2) is 6.29 Å². The molecule has 1 N–H and O–H groups in total. The van der Waals surface area contributed by atoms with E-state index < -0.39 is 17.7 Å². The minimum atomic E-state index is -1.05. The average molecular weight is 344 g/mol. The van der Waals surface area contributed by atoms with Crippen LogP contribution in [0.2, 0.25) is 10.0 Å². The number of halogens is 2. The van der Waals surface area contributed by atoms with E-state index in [1.165, 1.54) is 0 Å². The van der Waals surface area contributed by atoms with Crippen LogP contribution in [-0.4, -0.2) is 30.6 Å². The van der Waals surface area contributed by atoms with Crippen molar-refractivity contribution in [1.29, 1.82) is 5.26 Å². The second kappa shape index (κ2) is 7.30. The second-order valence-corrected chi connectivity index (χ2v) is 5.91. The number of hydrogen-bond donors (Lipinski definition) is 1. The van der Waals surface area contributed by atoms with E-state index in [1.807, 2.05) is 0 Å². The minimum Gasteiger partial charge on any atom is -0.481 e. The first-order valence-electron chi connectivity index (χ1n) is 6.78. The number of carboxylic acid groups (broad SMARTS) is 1. The zero-order valence-electron chi connectivity index (χ0n) is 11.7. The topological polar surface area (TPSA) is 79.6 Å². The van der Waals surface area contributed by atoms with E-state index in [9.17, 15) is 10.1 Å². The number of rotatable bonds is 6. The highest BCUT2D eigenvalue weighted by molar-refractivity contribution is 6.42. The van der Waals surface area contributed by atoms with Gasteiger partial charge in [0.25, 0.3) is 0 Å². The maximum Gasteiger partial charge on any atom is 0.303 e. The Balaban J connectivity index is 2.34. The molecule has 1 unspecified atom stereocenters. The molecule has 0 aliphatic carbocycles. The van der Waals surface area contributed by atoms with Crippen LogP contribution in [0.1, 0.15) is 24.8 Å². The Morgan fingerprint density at radius 3 is 2.59 bits per heavy atom. The molecule has 22 heavy (non-hydrogen) atoms. The second-order valence-electron chi connectivity index (χ2n) is 5.09. The fourth-order valence-corrected chi connectivity index (χ4v) is 2.75. The molecular formula is C15H15Cl2NO4. The number of benzene rings is 1. The highest BCUT2D eigenvalue weighted by atomic mass is 35.5. The number of aliphatic carboxylic acids is 1. The number of ether oxygens (including phenoxy) is 2. The fraction of sp³-hybridized carbons (Fsp3) is 0.467. The number of nitrogens with zero attached hydrogens (tertiary/aromatic N) is 1. The quantitative estimate of drug-likeness (QED) is 0.856. The summed E-state index contributed by atoms with van der Waals surface area (Å²) in [6, 6.07) is 7.13. The van der Waals surface area contributed by atoms with Crippen molar-refractivity contribution in [3.8, 4) is 6.07 Å². The Kier molecular flexibility index (Phi) is 5.65. The lowest BCUT2D eigenvalue weighted by atomic mass is 9.75. The molecule has 0 spiro atoms. The molecule has 1 heterocycles. The first kappa shape index (κ1) is 17.0. The molecule has 1 aliphatic heterocycles. The van der Waals surface area contributed by atoms with Gasteiger partial charge in [-0.1, -0.05) is 29.3 Å². The minimum absolute atomic E-state index is 0.138. The molecule has 0 radical (unpaired) electrons. The summed E-state index contributed by atoms with van der Waals surface area (Å²) >= 11 is 11.9. The van der Waals surface area contributed by atoms with Crippen LogP contribution in [0.25, 0.3) is 0 Å². The summed E-state index contributed by atoms with van der Waals surface area (Å²) in [6.45, 7) is 0.930. The van der Waals surface area contributed by atoms with Gasteiger partial charge >= 0.3 is 5.97 Å². The van der Waals surface area contributed by atoms with Crippen LogP contribution >= 0.6 is 23.2 Å². The van der Waals surface area contributed by atoms with E-state index in [2.05, 4.69) is 6.07 Å². The van der Waals surface area contributed by atoms with Gasteiger partial charge in [0, 0.05) is 12.8 Å². The van der Waals surface area contributed by atoms with Crippen molar-refractivity contribution >= 4 is 29.2 Å². The largest absolute Gasteiger partial charge is 0.481 e. The molecule has 0 aromatic heterocycles. The van der Waals surface area contributed by atoms with Crippen LogP contribution in [0.4, 0.5) is 0 Å². The molecular weight excluding hydrogens is 329 g/mol. The standard InChI is InChI=1S/C15H15Cl2NO4/c16-11-2-1-10(7-12(11)17)15(9-18,4-3-13(19)20)8-14-21-5-6-22-14/h1-2,7,14H,3-6,8H2,(H,19,20). The third-order valence-corrected chi connectivity index (χ3v) is 4.40. The summed E-state index contributed by atoms with van der Waals surface area (Å²) in [5.74, 6) is -0.965. The van der Waals surface area contributed by atoms with Crippen LogP contribution in [-0.2, 0) is 19.7 Å². The summed E-state index contributed by atoms with van der Waals surface area (Å²) in [6.07, 6.45) is -0.280. The predicted octanol–water partition coefficient (Wildman–Crippen LogP) is 3.38. The summed E-state index contributed by atoms with van der Waals surface area (Å²) < 4.78 is 10.8. The number of carboxylic acids is 1. The van der Waals surface area contributed by atoms with Crippen LogP contribution in [0.15, 0.2) is 18.2 Å². The molecule has 1 fully saturated rings. The van der Waals surface area contributed by atoms with E-state index in [0.717, 1.165) is 0 Å². The molecule has 7 heteroatoms. The first-order valence-corrected chi connectivity index (χ1v) is 7.54. The van der Waals surface area contributed by atoms with E-state index >= 15 is 0 Å². The number of nitriles is 1. The van der Waals surface area contributed by atoms with E-state index in [0.29, 0.717) is 28.8 Å². The van der Waals surface area contributed by atoms with Gasteiger partial charge in [-0.05, 0) is 24.1 Å². The summed E-state index contributed by atoms with van der Waals surface area (Å²) in [7, 11) is 0. The van der Waals surface area contributed by atoms with Gasteiger partial charge < -0.3 is 14.6 Å². The first-order chi connectivity index (χ1) is 10.5. The highest BCUT2D eigenvalue weighted by Gasteiger charge is 2.38. The van der Waals surface area contributed by atoms with Gasteiger partial charge in [-0.2, -0.15) is 5.26 Å². The summed E-state index contributed by atoms with van der Waals surface area (Å²) in [5.41, 5.74) is -0.438. The Morgan fingerprint density at radius 2 is 2.05 bits per heavy atom. The van der Waals surface area contributed by atoms with Crippen molar-refractivity contribution in [2.75, 3.05) is 13.2 Å². The van der Waals surface area contributed by atoms with Gasteiger partial charge in [-0.15, -0.1) is 0 Å². The van der Waals surface area contributed by atoms with Crippen LogP contribution in [0.5, 0.6) is 0 Å². The van der Waals surface area contributed by atoms with Crippen molar-refractivity contribution in [3.63, 3.8) is 0 Å². The maximum absolute atomic E-state index is 10.9. The molecule has 5 nitrogen and oxygen atoms in total. The van der Waals surface area contributed by atoms with E-state index in [-0.39, 0.29) is 19.3 Å². The van der Waals surface area contributed by atoms with Crippen molar-refractivity contribution in [1.82, 2.24) is 0 Å². The SMILES string of the molecule is N#CC(CCC(=O)O)(CC1OCCO1)c1ccc(Cl)c(Cl)c1. The number of hydrogen-bond acceptors (Lipinski definition) is 4. The van der Waals surface area contributed by atoms with Crippen molar-refractivity contribution in [3.05, 3.63) is 33.8 Å². The maximum atomic E-state index is 10.9. The zero-order valence-corrected chi connectivity index (χ0v) is 13.2. The molecule has 118 valence electrons.